The van der Waals surface area contributed by atoms with E-state index in [1.807, 2.05) is 31.2 Å². The van der Waals surface area contributed by atoms with Gasteiger partial charge in [-0.3, -0.25) is 5.10 Å². The van der Waals surface area contributed by atoms with E-state index in [0.29, 0.717) is 6.42 Å². The summed E-state index contributed by atoms with van der Waals surface area (Å²) in [5.74, 6) is 1.61. The van der Waals surface area contributed by atoms with E-state index in [0.717, 1.165) is 22.9 Å². The summed E-state index contributed by atoms with van der Waals surface area (Å²) >= 11 is 0. The SMILES string of the molecule is Cc1nc(Cc2ccccc2N)n[nH]1. The van der Waals surface area contributed by atoms with E-state index in [1.54, 1.807) is 0 Å². The maximum atomic E-state index is 5.81. The lowest BCUT2D eigenvalue weighted by Crippen LogP contribution is -1.96. The molecule has 2 aromatic rings. The molecule has 0 saturated heterocycles. The highest BCUT2D eigenvalue weighted by atomic mass is 15.2. The van der Waals surface area contributed by atoms with Crippen LogP contribution in [-0.4, -0.2) is 15.2 Å². The van der Waals surface area contributed by atoms with Gasteiger partial charge in [0.05, 0.1) is 0 Å². The molecular formula is C10H12N4. The molecule has 0 aliphatic carbocycles. The van der Waals surface area contributed by atoms with E-state index in [1.165, 1.54) is 0 Å². The average Bonchev–Trinajstić information content (AvgIpc) is 2.56. The lowest BCUT2D eigenvalue weighted by Gasteiger charge is -2.00. The van der Waals surface area contributed by atoms with Crippen LogP contribution in [0.2, 0.25) is 0 Å². The largest absolute Gasteiger partial charge is 0.398 e. The van der Waals surface area contributed by atoms with E-state index in [4.69, 9.17) is 5.73 Å². The summed E-state index contributed by atoms with van der Waals surface area (Å²) in [4.78, 5) is 4.22. The molecule has 1 heterocycles. The molecule has 0 aliphatic rings. The summed E-state index contributed by atoms with van der Waals surface area (Å²) in [6.45, 7) is 1.88. The monoisotopic (exact) mass is 188 g/mol. The predicted molar refractivity (Wildman–Crippen MR) is 54.8 cm³/mol. The number of anilines is 1. The molecule has 0 spiro atoms. The number of H-pyrrole nitrogens is 1. The van der Waals surface area contributed by atoms with Crippen LogP contribution in [-0.2, 0) is 6.42 Å². The summed E-state index contributed by atoms with van der Waals surface area (Å²) in [7, 11) is 0. The van der Waals surface area contributed by atoms with Gasteiger partial charge < -0.3 is 5.73 Å². The molecule has 1 aromatic carbocycles. The second-order valence-electron chi connectivity index (χ2n) is 3.21. The Morgan fingerprint density at radius 2 is 2.14 bits per heavy atom. The van der Waals surface area contributed by atoms with E-state index in [2.05, 4.69) is 15.2 Å². The van der Waals surface area contributed by atoms with Crippen molar-refractivity contribution in [1.29, 1.82) is 0 Å². The maximum absolute atomic E-state index is 5.81. The standard InChI is InChI=1S/C10H12N4/c1-7-12-10(14-13-7)6-8-4-2-3-5-9(8)11/h2-5H,6,11H2,1H3,(H,12,13,14). The Bertz CT molecular complexity index is 433. The zero-order valence-electron chi connectivity index (χ0n) is 7.99. The molecule has 14 heavy (non-hydrogen) atoms. The summed E-state index contributed by atoms with van der Waals surface area (Å²) < 4.78 is 0. The lowest BCUT2D eigenvalue weighted by molar-refractivity contribution is 0.971. The zero-order chi connectivity index (χ0) is 9.97. The van der Waals surface area contributed by atoms with Crippen molar-refractivity contribution < 1.29 is 0 Å². The van der Waals surface area contributed by atoms with Gasteiger partial charge in [-0.1, -0.05) is 18.2 Å². The molecule has 0 amide bonds. The van der Waals surface area contributed by atoms with Crippen LogP contribution in [0.3, 0.4) is 0 Å². The summed E-state index contributed by atoms with van der Waals surface area (Å²) in [5.41, 5.74) is 7.66. The minimum absolute atomic E-state index is 0.678. The van der Waals surface area contributed by atoms with Gasteiger partial charge in [-0.2, -0.15) is 5.10 Å². The van der Waals surface area contributed by atoms with Gasteiger partial charge in [-0.05, 0) is 18.6 Å². The number of aromatic amines is 1. The molecule has 4 heteroatoms. The van der Waals surface area contributed by atoms with Crippen LogP contribution < -0.4 is 5.73 Å². The Morgan fingerprint density at radius 1 is 1.36 bits per heavy atom. The highest BCUT2D eigenvalue weighted by Crippen LogP contribution is 2.13. The number of para-hydroxylation sites is 1. The Hall–Kier alpha value is -1.84. The van der Waals surface area contributed by atoms with Crippen LogP contribution in [0.15, 0.2) is 24.3 Å². The highest BCUT2D eigenvalue weighted by molar-refractivity contribution is 5.47. The first-order chi connectivity index (χ1) is 6.75. The summed E-state index contributed by atoms with van der Waals surface area (Å²) in [6.07, 6.45) is 0.678. The first kappa shape index (κ1) is 8.74. The molecule has 0 bridgehead atoms. The van der Waals surface area contributed by atoms with Gasteiger partial charge in [-0.15, -0.1) is 0 Å². The minimum Gasteiger partial charge on any atom is -0.398 e. The number of aryl methyl sites for hydroxylation is 1. The topological polar surface area (TPSA) is 67.6 Å². The lowest BCUT2D eigenvalue weighted by atomic mass is 10.1. The van der Waals surface area contributed by atoms with Crippen molar-refractivity contribution in [3.63, 3.8) is 0 Å². The number of nitrogen functional groups attached to an aromatic ring is 1. The molecule has 72 valence electrons. The fraction of sp³-hybridized carbons (Fsp3) is 0.200. The molecule has 2 rings (SSSR count). The van der Waals surface area contributed by atoms with E-state index in [9.17, 15) is 0 Å². The number of rotatable bonds is 2. The Labute approximate surface area is 82.2 Å². The molecule has 0 unspecified atom stereocenters. The molecule has 0 fully saturated rings. The van der Waals surface area contributed by atoms with Crippen LogP contribution in [0.25, 0.3) is 0 Å². The predicted octanol–water partition coefficient (Wildman–Crippen LogP) is 1.29. The fourth-order valence-corrected chi connectivity index (χ4v) is 1.33. The Morgan fingerprint density at radius 3 is 2.79 bits per heavy atom. The van der Waals surface area contributed by atoms with Crippen molar-refractivity contribution in [1.82, 2.24) is 15.2 Å². The average molecular weight is 188 g/mol. The smallest absolute Gasteiger partial charge is 0.155 e. The highest BCUT2D eigenvalue weighted by Gasteiger charge is 2.03. The summed E-state index contributed by atoms with van der Waals surface area (Å²) in [6, 6.07) is 7.75. The number of nitrogens with zero attached hydrogens (tertiary/aromatic N) is 2. The normalized spacial score (nSPS) is 10.4. The second kappa shape index (κ2) is 3.49. The number of nitrogens with one attached hydrogen (secondary N) is 1. The van der Waals surface area contributed by atoms with Gasteiger partial charge in [0.15, 0.2) is 5.82 Å². The molecule has 3 N–H and O–H groups in total. The number of hydrogen-bond donors (Lipinski definition) is 2. The third kappa shape index (κ3) is 1.74. The summed E-state index contributed by atoms with van der Waals surface area (Å²) in [5, 5.41) is 6.87. The van der Waals surface area contributed by atoms with Crippen LogP contribution in [0.4, 0.5) is 5.69 Å². The molecule has 1 aromatic heterocycles. The van der Waals surface area contributed by atoms with Gasteiger partial charge in [-0.25, -0.2) is 4.98 Å². The van der Waals surface area contributed by atoms with E-state index >= 15 is 0 Å². The van der Waals surface area contributed by atoms with Crippen LogP contribution in [0, 0.1) is 6.92 Å². The van der Waals surface area contributed by atoms with E-state index in [-0.39, 0.29) is 0 Å². The van der Waals surface area contributed by atoms with E-state index < -0.39 is 0 Å². The van der Waals surface area contributed by atoms with Crippen LogP contribution >= 0.6 is 0 Å². The number of nitrogens with two attached hydrogens (primary N) is 1. The van der Waals surface area contributed by atoms with Gasteiger partial charge in [0.2, 0.25) is 0 Å². The molecule has 0 atom stereocenters. The van der Waals surface area contributed by atoms with Crippen molar-refractivity contribution >= 4 is 5.69 Å². The van der Waals surface area contributed by atoms with Crippen LogP contribution in [0.1, 0.15) is 17.2 Å². The number of hydrogen-bond acceptors (Lipinski definition) is 3. The number of aromatic nitrogens is 3. The Balaban J connectivity index is 2.23. The fourth-order valence-electron chi connectivity index (χ4n) is 1.33. The van der Waals surface area contributed by atoms with Gasteiger partial charge in [0, 0.05) is 12.1 Å². The van der Waals surface area contributed by atoms with Gasteiger partial charge >= 0.3 is 0 Å². The first-order valence-corrected chi connectivity index (χ1v) is 4.47. The van der Waals surface area contributed by atoms with Crippen molar-refractivity contribution in [2.45, 2.75) is 13.3 Å². The quantitative estimate of drug-likeness (QED) is 0.698. The van der Waals surface area contributed by atoms with Gasteiger partial charge in [0.1, 0.15) is 5.82 Å². The van der Waals surface area contributed by atoms with Crippen molar-refractivity contribution in [2.75, 3.05) is 5.73 Å². The molecule has 0 radical (unpaired) electrons. The maximum Gasteiger partial charge on any atom is 0.155 e. The minimum atomic E-state index is 0.678. The van der Waals surface area contributed by atoms with Crippen molar-refractivity contribution in [3.8, 4) is 0 Å². The first-order valence-electron chi connectivity index (χ1n) is 4.47. The zero-order valence-corrected chi connectivity index (χ0v) is 7.99. The number of benzene rings is 1. The molecule has 4 nitrogen and oxygen atoms in total. The third-order valence-electron chi connectivity index (χ3n) is 2.05. The van der Waals surface area contributed by atoms with Crippen LogP contribution in [0.5, 0.6) is 0 Å². The molecule has 0 aliphatic heterocycles. The molecule has 0 saturated carbocycles. The third-order valence-corrected chi connectivity index (χ3v) is 2.05. The molecular weight excluding hydrogens is 176 g/mol. The van der Waals surface area contributed by atoms with Crippen molar-refractivity contribution in [2.24, 2.45) is 0 Å². The second-order valence-corrected chi connectivity index (χ2v) is 3.21. The van der Waals surface area contributed by atoms with Gasteiger partial charge in [0.25, 0.3) is 0 Å². The van der Waals surface area contributed by atoms with Crippen molar-refractivity contribution in [3.05, 3.63) is 41.5 Å². The Kier molecular flexibility index (Phi) is 2.18.